The molecule has 5 nitrogen and oxygen atoms in total. The van der Waals surface area contributed by atoms with Crippen molar-refractivity contribution >= 4 is 11.8 Å². The summed E-state index contributed by atoms with van der Waals surface area (Å²) in [6.45, 7) is 4.52. The molecule has 3 N–H and O–H groups in total. The molecule has 5 heteroatoms. The molecule has 0 heterocycles. The largest absolute Gasteiger partial charge is 0.368 e. The average molecular weight is 201 g/mol. The minimum atomic E-state index is -0.421. The topological polar surface area (TPSA) is 75.4 Å². The smallest absolute Gasteiger partial charge is 0.234 e. The Kier molecular flexibility index (Phi) is 5.87. The number of hydrogen-bond acceptors (Lipinski definition) is 3. The van der Waals surface area contributed by atoms with E-state index in [1.54, 1.807) is 18.9 Å². The fraction of sp³-hybridized carbons (Fsp3) is 0.778. The Balaban J connectivity index is 3.86. The van der Waals surface area contributed by atoms with Crippen LogP contribution in [0.4, 0.5) is 0 Å². The molecular formula is C9H19N3O2. The van der Waals surface area contributed by atoms with Crippen LogP contribution in [0.15, 0.2) is 0 Å². The van der Waals surface area contributed by atoms with Crippen molar-refractivity contribution in [1.29, 1.82) is 0 Å². The number of hydrogen-bond donors (Lipinski definition) is 2. The van der Waals surface area contributed by atoms with Crippen molar-refractivity contribution in [2.75, 3.05) is 20.1 Å². The molecule has 0 aliphatic heterocycles. The van der Waals surface area contributed by atoms with E-state index in [9.17, 15) is 9.59 Å². The second-order valence-corrected chi connectivity index (χ2v) is 3.34. The Bertz CT molecular complexity index is 206. The van der Waals surface area contributed by atoms with Crippen LogP contribution in [0, 0.1) is 0 Å². The van der Waals surface area contributed by atoms with Crippen molar-refractivity contribution in [2.45, 2.75) is 26.3 Å². The number of likely N-dealkylation sites (N-methyl/N-ethyl adjacent to an activating group) is 1. The number of amides is 2. The molecule has 0 aromatic rings. The van der Waals surface area contributed by atoms with Crippen LogP contribution in [-0.4, -0.2) is 42.9 Å². The van der Waals surface area contributed by atoms with Gasteiger partial charge in [-0.25, -0.2) is 0 Å². The number of carbonyl (C=O) groups is 2. The van der Waals surface area contributed by atoms with Crippen molar-refractivity contribution < 1.29 is 9.59 Å². The van der Waals surface area contributed by atoms with Crippen LogP contribution in [-0.2, 0) is 9.59 Å². The Labute approximate surface area is 84.6 Å². The van der Waals surface area contributed by atoms with Gasteiger partial charge in [0, 0.05) is 6.54 Å². The minimum Gasteiger partial charge on any atom is -0.368 e. The monoisotopic (exact) mass is 201 g/mol. The maximum absolute atomic E-state index is 11.2. The summed E-state index contributed by atoms with van der Waals surface area (Å²) in [5.74, 6) is -0.502. The molecule has 0 aromatic carbocycles. The zero-order valence-electron chi connectivity index (χ0n) is 9.04. The van der Waals surface area contributed by atoms with E-state index in [0.29, 0.717) is 6.54 Å². The third kappa shape index (κ3) is 4.81. The predicted octanol–water partition coefficient (Wildman–Crippen LogP) is -0.682. The number of nitrogens with one attached hydrogen (secondary N) is 1. The van der Waals surface area contributed by atoms with Crippen molar-refractivity contribution in [2.24, 2.45) is 5.73 Å². The highest BCUT2D eigenvalue weighted by Gasteiger charge is 2.16. The lowest BCUT2D eigenvalue weighted by Crippen LogP contribution is -2.45. The highest BCUT2D eigenvalue weighted by molar-refractivity contribution is 5.82. The second kappa shape index (κ2) is 6.37. The summed E-state index contributed by atoms with van der Waals surface area (Å²) in [5.41, 5.74) is 5.10. The van der Waals surface area contributed by atoms with Crippen LogP contribution in [0.25, 0.3) is 0 Å². The molecule has 14 heavy (non-hydrogen) atoms. The van der Waals surface area contributed by atoms with Gasteiger partial charge in [-0.3, -0.25) is 14.5 Å². The molecule has 0 saturated carbocycles. The maximum Gasteiger partial charge on any atom is 0.234 e. The van der Waals surface area contributed by atoms with E-state index in [0.717, 1.165) is 6.42 Å². The molecule has 82 valence electrons. The van der Waals surface area contributed by atoms with Gasteiger partial charge in [0.15, 0.2) is 0 Å². The number of rotatable bonds is 6. The molecule has 0 rings (SSSR count). The van der Waals surface area contributed by atoms with Gasteiger partial charge in [-0.05, 0) is 20.4 Å². The molecule has 1 atom stereocenters. The quantitative estimate of drug-likeness (QED) is 0.597. The Morgan fingerprint density at radius 3 is 2.50 bits per heavy atom. The van der Waals surface area contributed by atoms with E-state index in [-0.39, 0.29) is 12.5 Å². The van der Waals surface area contributed by atoms with Gasteiger partial charge in [0.1, 0.15) is 0 Å². The van der Waals surface area contributed by atoms with E-state index in [4.69, 9.17) is 5.73 Å². The number of nitrogens with zero attached hydrogens (tertiary/aromatic N) is 1. The molecule has 0 spiro atoms. The second-order valence-electron chi connectivity index (χ2n) is 3.34. The highest BCUT2D eigenvalue weighted by atomic mass is 16.2. The first kappa shape index (κ1) is 12.9. The van der Waals surface area contributed by atoms with Crippen LogP contribution >= 0.6 is 0 Å². The molecule has 0 radical (unpaired) electrons. The zero-order chi connectivity index (χ0) is 11.1. The summed E-state index contributed by atoms with van der Waals surface area (Å²) in [6.07, 6.45) is 0.904. The predicted molar refractivity (Wildman–Crippen MR) is 54.6 cm³/mol. The summed E-state index contributed by atoms with van der Waals surface area (Å²) in [5, 5.41) is 2.72. The first-order chi connectivity index (χ1) is 6.49. The average Bonchev–Trinajstić information content (AvgIpc) is 2.13. The van der Waals surface area contributed by atoms with Crippen LogP contribution in [0.5, 0.6) is 0 Å². The first-order valence-electron chi connectivity index (χ1n) is 4.75. The van der Waals surface area contributed by atoms with E-state index in [2.05, 4.69) is 5.32 Å². The summed E-state index contributed by atoms with van der Waals surface area (Å²) in [7, 11) is 1.70. The molecule has 0 aromatic heterocycles. The van der Waals surface area contributed by atoms with Gasteiger partial charge in [0.25, 0.3) is 0 Å². The summed E-state index contributed by atoms with van der Waals surface area (Å²) in [4.78, 5) is 23.6. The minimum absolute atomic E-state index is 0.0811. The van der Waals surface area contributed by atoms with E-state index < -0.39 is 11.9 Å². The molecular weight excluding hydrogens is 182 g/mol. The standard InChI is InChI=1S/C9H19N3O2/c1-4-5-11-8(13)6-12(3)7(2)9(10)14/h7H,4-6H2,1-3H3,(H2,10,14)(H,11,13). The number of nitrogens with two attached hydrogens (primary N) is 1. The Morgan fingerprint density at radius 2 is 2.07 bits per heavy atom. The van der Waals surface area contributed by atoms with Gasteiger partial charge in [0.2, 0.25) is 11.8 Å². The van der Waals surface area contributed by atoms with E-state index >= 15 is 0 Å². The lowest BCUT2D eigenvalue weighted by molar-refractivity contribution is -0.125. The Hall–Kier alpha value is -1.10. The first-order valence-corrected chi connectivity index (χ1v) is 4.75. The van der Waals surface area contributed by atoms with E-state index in [1.807, 2.05) is 6.92 Å². The molecule has 0 saturated heterocycles. The normalized spacial score (nSPS) is 12.6. The molecule has 0 aliphatic rings. The lowest BCUT2D eigenvalue weighted by Gasteiger charge is -2.20. The van der Waals surface area contributed by atoms with Crippen molar-refractivity contribution in [3.8, 4) is 0 Å². The van der Waals surface area contributed by atoms with Gasteiger partial charge in [0.05, 0.1) is 12.6 Å². The highest BCUT2D eigenvalue weighted by Crippen LogP contribution is 1.93. The van der Waals surface area contributed by atoms with Gasteiger partial charge in [-0.2, -0.15) is 0 Å². The van der Waals surface area contributed by atoms with Gasteiger partial charge in [-0.15, -0.1) is 0 Å². The van der Waals surface area contributed by atoms with Crippen LogP contribution in [0.1, 0.15) is 20.3 Å². The fourth-order valence-corrected chi connectivity index (χ4v) is 0.901. The fourth-order valence-electron chi connectivity index (χ4n) is 0.901. The summed E-state index contributed by atoms with van der Waals surface area (Å²) >= 11 is 0. The van der Waals surface area contributed by atoms with E-state index in [1.165, 1.54) is 0 Å². The van der Waals surface area contributed by atoms with Crippen LogP contribution in [0.3, 0.4) is 0 Å². The summed E-state index contributed by atoms with van der Waals surface area (Å²) in [6, 6.07) is -0.414. The lowest BCUT2D eigenvalue weighted by atomic mass is 10.3. The van der Waals surface area contributed by atoms with Crippen LogP contribution in [0.2, 0.25) is 0 Å². The van der Waals surface area contributed by atoms with Crippen molar-refractivity contribution in [3.05, 3.63) is 0 Å². The maximum atomic E-state index is 11.2. The molecule has 0 aliphatic carbocycles. The van der Waals surface area contributed by atoms with Gasteiger partial charge >= 0.3 is 0 Å². The third-order valence-corrected chi connectivity index (χ3v) is 2.04. The van der Waals surface area contributed by atoms with Crippen LogP contribution < -0.4 is 11.1 Å². The number of primary amides is 1. The number of carbonyl (C=O) groups excluding carboxylic acids is 2. The Morgan fingerprint density at radius 1 is 1.50 bits per heavy atom. The molecule has 1 unspecified atom stereocenters. The van der Waals surface area contributed by atoms with Crippen molar-refractivity contribution in [3.63, 3.8) is 0 Å². The van der Waals surface area contributed by atoms with Gasteiger partial charge in [-0.1, -0.05) is 6.92 Å². The SMILES string of the molecule is CCCNC(=O)CN(C)C(C)C(N)=O. The molecule has 0 bridgehead atoms. The zero-order valence-corrected chi connectivity index (χ0v) is 9.04. The van der Waals surface area contributed by atoms with Crippen molar-refractivity contribution in [1.82, 2.24) is 10.2 Å². The third-order valence-electron chi connectivity index (χ3n) is 2.04. The molecule has 2 amide bonds. The molecule has 0 fully saturated rings. The summed E-state index contributed by atoms with van der Waals surface area (Å²) < 4.78 is 0. The van der Waals surface area contributed by atoms with Gasteiger partial charge < -0.3 is 11.1 Å².